The van der Waals surface area contributed by atoms with Gasteiger partial charge in [-0.1, -0.05) is 235 Å². The largest absolute Gasteiger partial charge is 0.472 e. The Hall–Kier alpha value is -1.94. The van der Waals surface area contributed by atoms with Crippen LogP contribution in [0.3, 0.4) is 0 Å². The van der Waals surface area contributed by atoms with Crippen LogP contribution in [0.4, 0.5) is 0 Å². The number of aliphatic hydroxyl groups excluding tert-OH is 1. The maximum Gasteiger partial charge on any atom is 0.472 e. The second-order valence-corrected chi connectivity index (χ2v) is 26.7. The monoisotopic (exact) mass is 1180 g/mol. The van der Waals surface area contributed by atoms with Crippen molar-refractivity contribution < 1.29 is 80.2 Å². The average Bonchev–Trinajstić information content (AvgIpc) is 3.40. The fourth-order valence-electron chi connectivity index (χ4n) is 8.87. The van der Waals surface area contributed by atoms with Crippen LogP contribution < -0.4 is 0 Å². The normalized spacial score (nSPS) is 14.9. The standard InChI is InChI=1S/C61H118O17P2/c1-9-54(8)40-32-24-17-20-26-34-42-59(64)72-47-56(77-60(65)43-35-27-14-12-10-11-13-21-29-37-51(2)3)49-75-79(67,68)73-45-55(62)46-74-80(69,70)76-50-57(78-61(66)44-36-28-19-16-23-31-39-53(6)7)48-71-58(63)41-33-25-18-15-22-30-38-52(4)5/h51-57,62H,9-50H2,1-8H3,(H,67,68)(H,69,70)/t54?,55-,56-,57-/m1/s1. The smallest absolute Gasteiger partial charge is 0.462 e. The van der Waals surface area contributed by atoms with Crippen LogP contribution in [0.1, 0.15) is 287 Å². The second kappa shape index (κ2) is 51.5. The Morgan fingerprint density at radius 1 is 0.350 bits per heavy atom. The van der Waals surface area contributed by atoms with Crippen LogP contribution in [0.15, 0.2) is 0 Å². The molecular formula is C61H118O17P2. The number of hydrogen-bond acceptors (Lipinski definition) is 15. The van der Waals surface area contributed by atoms with E-state index in [9.17, 15) is 43.2 Å². The van der Waals surface area contributed by atoms with Gasteiger partial charge in [0.05, 0.1) is 26.4 Å². The third-order valence-electron chi connectivity index (χ3n) is 14.2. The summed E-state index contributed by atoms with van der Waals surface area (Å²) in [5, 5.41) is 10.5. The summed E-state index contributed by atoms with van der Waals surface area (Å²) in [6.07, 6.45) is 29.7. The molecule has 0 aliphatic carbocycles. The molecule has 474 valence electrons. The molecule has 0 saturated heterocycles. The highest BCUT2D eigenvalue weighted by Crippen LogP contribution is 2.45. The fraction of sp³-hybridized carbons (Fsp3) is 0.934. The van der Waals surface area contributed by atoms with Crippen LogP contribution in [-0.4, -0.2) is 96.7 Å². The van der Waals surface area contributed by atoms with Crippen molar-refractivity contribution in [2.75, 3.05) is 39.6 Å². The van der Waals surface area contributed by atoms with Crippen molar-refractivity contribution >= 4 is 39.5 Å². The van der Waals surface area contributed by atoms with Gasteiger partial charge in [0, 0.05) is 25.7 Å². The molecule has 0 spiro atoms. The summed E-state index contributed by atoms with van der Waals surface area (Å²) in [5.74, 6) is 0.667. The van der Waals surface area contributed by atoms with E-state index in [0.717, 1.165) is 115 Å². The average molecular weight is 1190 g/mol. The van der Waals surface area contributed by atoms with Crippen LogP contribution in [0.5, 0.6) is 0 Å². The lowest BCUT2D eigenvalue weighted by Crippen LogP contribution is -2.30. The number of rotatable bonds is 58. The first kappa shape index (κ1) is 78.1. The van der Waals surface area contributed by atoms with Crippen LogP contribution in [-0.2, 0) is 65.4 Å². The molecule has 0 rings (SSSR count). The zero-order valence-corrected chi connectivity index (χ0v) is 53.5. The van der Waals surface area contributed by atoms with Crippen molar-refractivity contribution in [3.63, 3.8) is 0 Å². The highest BCUT2D eigenvalue weighted by molar-refractivity contribution is 7.47. The number of esters is 4. The first-order valence-corrected chi connectivity index (χ1v) is 34.7. The van der Waals surface area contributed by atoms with Gasteiger partial charge < -0.3 is 33.8 Å². The molecule has 0 fully saturated rings. The van der Waals surface area contributed by atoms with E-state index < -0.39 is 97.5 Å². The predicted molar refractivity (Wildman–Crippen MR) is 317 cm³/mol. The molecule has 0 aromatic carbocycles. The van der Waals surface area contributed by atoms with Gasteiger partial charge in [0.15, 0.2) is 12.2 Å². The molecule has 0 saturated carbocycles. The van der Waals surface area contributed by atoms with Gasteiger partial charge in [-0.3, -0.25) is 37.3 Å². The number of phosphoric ester groups is 2. The van der Waals surface area contributed by atoms with Gasteiger partial charge in [-0.05, 0) is 49.4 Å². The molecule has 0 aromatic rings. The molecule has 0 radical (unpaired) electrons. The van der Waals surface area contributed by atoms with Gasteiger partial charge >= 0.3 is 39.5 Å². The Morgan fingerprint density at radius 3 is 0.887 bits per heavy atom. The van der Waals surface area contributed by atoms with E-state index in [0.29, 0.717) is 37.5 Å². The number of carbonyl (C=O) groups excluding carboxylic acids is 4. The van der Waals surface area contributed by atoms with Gasteiger partial charge in [-0.15, -0.1) is 0 Å². The number of phosphoric acid groups is 2. The zero-order valence-electron chi connectivity index (χ0n) is 51.7. The molecule has 3 unspecified atom stereocenters. The van der Waals surface area contributed by atoms with Crippen LogP contribution in [0, 0.1) is 23.7 Å². The minimum atomic E-state index is -4.94. The zero-order chi connectivity index (χ0) is 59.7. The second-order valence-electron chi connectivity index (χ2n) is 23.8. The topological polar surface area (TPSA) is 237 Å². The van der Waals surface area contributed by atoms with E-state index in [2.05, 4.69) is 55.4 Å². The lowest BCUT2D eigenvalue weighted by atomic mass is 10.00. The quantitative estimate of drug-likeness (QED) is 0.0222. The van der Waals surface area contributed by atoms with Gasteiger partial charge in [-0.2, -0.15) is 0 Å². The van der Waals surface area contributed by atoms with Crippen molar-refractivity contribution in [2.24, 2.45) is 23.7 Å². The molecular weight excluding hydrogens is 1070 g/mol. The van der Waals surface area contributed by atoms with E-state index in [-0.39, 0.29) is 25.7 Å². The molecule has 0 heterocycles. The molecule has 80 heavy (non-hydrogen) atoms. The first-order chi connectivity index (χ1) is 38.1. The van der Waals surface area contributed by atoms with E-state index in [1.807, 2.05) is 0 Å². The van der Waals surface area contributed by atoms with Gasteiger partial charge in [0.2, 0.25) is 0 Å². The Labute approximate surface area is 486 Å². The van der Waals surface area contributed by atoms with Crippen molar-refractivity contribution in [1.29, 1.82) is 0 Å². The maximum atomic E-state index is 12.9. The molecule has 0 aliphatic heterocycles. The number of hydrogen-bond donors (Lipinski definition) is 3. The number of ether oxygens (including phenoxy) is 4. The van der Waals surface area contributed by atoms with E-state index >= 15 is 0 Å². The van der Waals surface area contributed by atoms with Crippen LogP contribution in [0.25, 0.3) is 0 Å². The molecule has 0 aliphatic rings. The van der Waals surface area contributed by atoms with Gasteiger partial charge in [0.25, 0.3) is 0 Å². The minimum Gasteiger partial charge on any atom is -0.462 e. The van der Waals surface area contributed by atoms with E-state index in [1.165, 1.54) is 77.0 Å². The minimum absolute atomic E-state index is 0.100. The van der Waals surface area contributed by atoms with Crippen molar-refractivity contribution in [1.82, 2.24) is 0 Å². The summed E-state index contributed by atoms with van der Waals surface area (Å²) in [6.45, 7) is 13.8. The number of aliphatic hydroxyl groups is 1. The summed E-state index contributed by atoms with van der Waals surface area (Å²) >= 11 is 0. The van der Waals surface area contributed by atoms with Gasteiger partial charge in [0.1, 0.15) is 19.3 Å². The maximum absolute atomic E-state index is 12.9. The summed E-state index contributed by atoms with van der Waals surface area (Å²) in [4.78, 5) is 72.0. The summed E-state index contributed by atoms with van der Waals surface area (Å²) in [5.41, 5.74) is 0. The van der Waals surface area contributed by atoms with E-state index in [1.54, 1.807) is 0 Å². The third-order valence-corrected chi connectivity index (χ3v) is 16.1. The first-order valence-electron chi connectivity index (χ1n) is 31.7. The van der Waals surface area contributed by atoms with Gasteiger partial charge in [-0.25, -0.2) is 9.13 Å². The fourth-order valence-corrected chi connectivity index (χ4v) is 10.4. The summed E-state index contributed by atoms with van der Waals surface area (Å²) in [7, 11) is -9.88. The Morgan fingerprint density at radius 2 is 0.600 bits per heavy atom. The summed E-state index contributed by atoms with van der Waals surface area (Å²) in [6, 6.07) is 0. The molecule has 3 N–H and O–H groups in total. The number of carbonyl (C=O) groups is 4. The lowest BCUT2D eigenvalue weighted by molar-refractivity contribution is -0.161. The Kier molecular flexibility index (Phi) is 50.2. The number of unbranched alkanes of at least 4 members (excludes halogenated alkanes) is 23. The third kappa shape index (κ3) is 54.0. The molecule has 19 heteroatoms. The van der Waals surface area contributed by atoms with E-state index in [4.69, 9.17) is 37.0 Å². The Balaban J connectivity index is 5.25. The lowest BCUT2D eigenvalue weighted by Gasteiger charge is -2.21. The van der Waals surface area contributed by atoms with Crippen molar-refractivity contribution in [2.45, 2.75) is 305 Å². The Bertz CT molecular complexity index is 1610. The molecule has 0 bridgehead atoms. The van der Waals surface area contributed by atoms with Crippen LogP contribution in [0.2, 0.25) is 0 Å². The summed E-state index contributed by atoms with van der Waals surface area (Å²) < 4.78 is 67.8. The molecule has 0 amide bonds. The molecule has 6 atom stereocenters. The SMILES string of the molecule is CCC(C)CCCCCCCCC(=O)OC[C@H](COP(=O)(O)OC[C@@H](O)COP(=O)(O)OC[C@@H](COC(=O)CCCCCCCCC(C)C)OC(=O)CCCCCCCCC(C)C)OC(=O)CCCCCCCCCCCC(C)C. The highest BCUT2D eigenvalue weighted by Gasteiger charge is 2.30. The predicted octanol–water partition coefficient (Wildman–Crippen LogP) is 16.2. The highest BCUT2D eigenvalue weighted by atomic mass is 31.2. The van der Waals surface area contributed by atoms with Crippen molar-refractivity contribution in [3.8, 4) is 0 Å². The molecule has 17 nitrogen and oxygen atoms in total. The van der Waals surface area contributed by atoms with Crippen molar-refractivity contribution in [3.05, 3.63) is 0 Å². The molecule has 0 aromatic heterocycles. The van der Waals surface area contributed by atoms with Crippen LogP contribution >= 0.6 is 15.6 Å².